The highest BCUT2D eigenvalue weighted by Gasteiger charge is 2.44. The predicted molar refractivity (Wildman–Crippen MR) is 171 cm³/mol. The Hall–Kier alpha value is -4.03. The number of para-hydroxylation sites is 1. The number of hydrogen-bond acceptors (Lipinski definition) is 6. The van der Waals surface area contributed by atoms with E-state index in [1.165, 1.54) is 11.0 Å². The number of aromatic nitrogens is 1. The van der Waals surface area contributed by atoms with Crippen molar-refractivity contribution in [1.82, 2.24) is 14.8 Å². The molecule has 0 aliphatic carbocycles. The molecule has 0 unspecified atom stereocenters. The molecule has 3 aliphatic rings. The Kier molecular flexibility index (Phi) is 9.26. The lowest BCUT2D eigenvalue weighted by Crippen LogP contribution is -2.54. The topological polar surface area (TPSA) is 95.1 Å². The molecule has 2 fully saturated rings. The van der Waals surface area contributed by atoms with Gasteiger partial charge in [0.25, 0.3) is 5.91 Å². The second kappa shape index (κ2) is 13.2. The number of anilines is 2. The standard InChI is InChI=1S/C33H32Cl2F3N5O4/c34-25-18-21(17-24(29(25)35)33(36,37)38)19-27(30(45)42-15-13-41(14-16-42)22-5-9-39-10-6-22)47-31(46)43-11-7-32(8-12-43)20-28(44)40-26-4-2-1-3-23(26)32/h1-6,9-10,17-18,27H,7-8,11-16,19-20H2,(H,40,44)/t27-/m1/s1. The highest BCUT2D eigenvalue weighted by molar-refractivity contribution is 6.42. The minimum Gasteiger partial charge on any atom is -0.436 e. The van der Waals surface area contributed by atoms with Crippen molar-refractivity contribution < 1.29 is 32.3 Å². The van der Waals surface area contributed by atoms with Gasteiger partial charge in [-0.2, -0.15) is 13.2 Å². The van der Waals surface area contributed by atoms with Crippen molar-refractivity contribution in [3.63, 3.8) is 0 Å². The zero-order chi connectivity index (χ0) is 33.3. The molecule has 4 heterocycles. The van der Waals surface area contributed by atoms with Gasteiger partial charge in [0.2, 0.25) is 5.91 Å². The van der Waals surface area contributed by atoms with Crippen LogP contribution >= 0.6 is 23.2 Å². The van der Waals surface area contributed by atoms with Crippen LogP contribution < -0.4 is 10.2 Å². The summed E-state index contributed by atoms with van der Waals surface area (Å²) < 4.78 is 47.1. The second-order valence-corrected chi connectivity index (χ2v) is 12.9. The van der Waals surface area contributed by atoms with E-state index in [0.29, 0.717) is 45.4 Å². The van der Waals surface area contributed by atoms with Gasteiger partial charge in [0.1, 0.15) is 0 Å². The van der Waals surface area contributed by atoms with Crippen LogP contribution in [0.15, 0.2) is 60.9 Å². The van der Waals surface area contributed by atoms with Crippen molar-refractivity contribution in [2.24, 2.45) is 0 Å². The van der Waals surface area contributed by atoms with E-state index in [2.05, 4.69) is 15.2 Å². The highest BCUT2D eigenvalue weighted by atomic mass is 35.5. The fourth-order valence-electron chi connectivity index (χ4n) is 6.72. The third-order valence-electron chi connectivity index (χ3n) is 9.20. The van der Waals surface area contributed by atoms with Gasteiger partial charge in [0.05, 0.1) is 15.6 Å². The van der Waals surface area contributed by atoms with Gasteiger partial charge in [-0.15, -0.1) is 0 Å². The largest absolute Gasteiger partial charge is 0.436 e. The summed E-state index contributed by atoms with van der Waals surface area (Å²) in [5.74, 6) is -0.604. The van der Waals surface area contributed by atoms with Gasteiger partial charge in [0, 0.05) is 81.3 Å². The highest BCUT2D eigenvalue weighted by Crippen LogP contribution is 2.45. The Bertz CT molecular complexity index is 1660. The first-order chi connectivity index (χ1) is 22.4. The van der Waals surface area contributed by atoms with Crippen LogP contribution in [0.25, 0.3) is 0 Å². The number of piperidine rings is 1. The number of carbonyl (C=O) groups excluding carboxylic acids is 3. The molecule has 0 radical (unpaired) electrons. The Morgan fingerprint density at radius 2 is 1.64 bits per heavy atom. The van der Waals surface area contributed by atoms with E-state index in [4.69, 9.17) is 27.9 Å². The van der Waals surface area contributed by atoms with E-state index in [1.807, 2.05) is 36.4 Å². The number of fused-ring (bicyclic) bond motifs is 2. The van der Waals surface area contributed by atoms with Crippen molar-refractivity contribution in [2.75, 3.05) is 49.5 Å². The number of nitrogens with one attached hydrogen (secondary N) is 1. The Balaban J connectivity index is 1.19. The number of likely N-dealkylation sites (tertiary alicyclic amines) is 1. The number of ether oxygens (including phenoxy) is 1. The number of halogens is 5. The number of benzene rings is 2. The Labute approximate surface area is 279 Å². The van der Waals surface area contributed by atoms with Crippen LogP contribution in [0.2, 0.25) is 10.0 Å². The Morgan fingerprint density at radius 1 is 0.957 bits per heavy atom. The molecule has 9 nitrogen and oxygen atoms in total. The maximum Gasteiger partial charge on any atom is 0.417 e. The van der Waals surface area contributed by atoms with Gasteiger partial charge in [-0.05, 0) is 54.3 Å². The molecular formula is C33H32Cl2F3N5O4. The van der Waals surface area contributed by atoms with Crippen LogP contribution in [-0.4, -0.2) is 78.1 Å². The van der Waals surface area contributed by atoms with Gasteiger partial charge in [0.15, 0.2) is 6.10 Å². The summed E-state index contributed by atoms with van der Waals surface area (Å²) in [5, 5.41) is 1.95. The van der Waals surface area contributed by atoms with Crippen molar-refractivity contribution in [3.05, 3.63) is 87.7 Å². The van der Waals surface area contributed by atoms with Crippen LogP contribution in [0.5, 0.6) is 0 Å². The molecule has 0 bridgehead atoms. The van der Waals surface area contributed by atoms with Crippen LogP contribution in [0.1, 0.15) is 36.0 Å². The van der Waals surface area contributed by atoms with Gasteiger partial charge in [-0.3, -0.25) is 14.6 Å². The summed E-state index contributed by atoms with van der Waals surface area (Å²) in [6.45, 7) is 2.19. The summed E-state index contributed by atoms with van der Waals surface area (Å²) >= 11 is 11.9. The number of carbonyl (C=O) groups is 3. The molecule has 2 saturated heterocycles. The summed E-state index contributed by atoms with van der Waals surface area (Å²) in [4.78, 5) is 49.2. The van der Waals surface area contributed by atoms with Crippen LogP contribution in [0.3, 0.4) is 0 Å². The second-order valence-electron chi connectivity index (χ2n) is 12.1. The van der Waals surface area contributed by atoms with E-state index in [0.717, 1.165) is 23.0 Å². The third kappa shape index (κ3) is 6.99. The number of rotatable bonds is 5. The van der Waals surface area contributed by atoms with Crippen LogP contribution in [-0.2, 0) is 32.3 Å². The summed E-state index contributed by atoms with van der Waals surface area (Å²) in [5.41, 5.74) is 1.21. The van der Waals surface area contributed by atoms with Crippen LogP contribution in [0, 0.1) is 0 Å². The van der Waals surface area contributed by atoms with Gasteiger partial charge < -0.3 is 24.8 Å². The number of pyridine rings is 1. The number of nitrogens with zero attached hydrogens (tertiary/aromatic N) is 4. The van der Waals surface area contributed by atoms with E-state index in [9.17, 15) is 27.6 Å². The van der Waals surface area contributed by atoms with E-state index >= 15 is 0 Å². The molecule has 1 aromatic heterocycles. The van der Waals surface area contributed by atoms with Crippen molar-refractivity contribution in [2.45, 2.75) is 43.4 Å². The maximum atomic E-state index is 13.9. The molecular weight excluding hydrogens is 658 g/mol. The summed E-state index contributed by atoms with van der Waals surface area (Å²) in [7, 11) is 0. The molecule has 3 amide bonds. The minimum absolute atomic E-state index is 0.0516. The van der Waals surface area contributed by atoms with E-state index in [-0.39, 0.29) is 36.0 Å². The lowest BCUT2D eigenvalue weighted by atomic mass is 9.68. The maximum absolute atomic E-state index is 13.9. The monoisotopic (exact) mass is 689 g/mol. The van der Waals surface area contributed by atoms with Gasteiger partial charge >= 0.3 is 12.3 Å². The molecule has 1 atom stereocenters. The van der Waals surface area contributed by atoms with E-state index in [1.54, 1.807) is 17.3 Å². The predicted octanol–water partition coefficient (Wildman–Crippen LogP) is 6.18. The molecule has 6 rings (SSSR count). The SMILES string of the molecule is O=C1CC2(CCN(C(=O)O[C@H](Cc3cc(Cl)c(Cl)c(C(F)(F)F)c3)C(=O)N3CCN(c4ccncc4)CC3)CC2)c2ccccc2N1. The van der Waals surface area contributed by atoms with E-state index < -0.39 is 40.3 Å². The molecule has 2 aromatic carbocycles. The molecule has 47 heavy (non-hydrogen) atoms. The fourth-order valence-corrected chi connectivity index (χ4v) is 7.18. The number of hydrogen-bond donors (Lipinski definition) is 1. The van der Waals surface area contributed by atoms with Crippen molar-refractivity contribution in [1.29, 1.82) is 0 Å². The molecule has 1 spiro atoms. The quantitative estimate of drug-likeness (QED) is 0.344. The number of amides is 3. The Morgan fingerprint density at radius 3 is 2.32 bits per heavy atom. The number of alkyl halides is 3. The molecule has 0 saturated carbocycles. The molecule has 1 N–H and O–H groups in total. The van der Waals surface area contributed by atoms with Crippen molar-refractivity contribution >= 4 is 52.5 Å². The average molecular weight is 691 g/mol. The lowest BCUT2D eigenvalue weighted by Gasteiger charge is -2.44. The number of piperazine rings is 1. The zero-order valence-electron chi connectivity index (χ0n) is 25.2. The zero-order valence-corrected chi connectivity index (χ0v) is 26.7. The molecule has 3 aliphatic heterocycles. The van der Waals surface area contributed by atoms with Crippen molar-refractivity contribution in [3.8, 4) is 0 Å². The van der Waals surface area contributed by atoms with Gasteiger partial charge in [-0.1, -0.05) is 41.4 Å². The smallest absolute Gasteiger partial charge is 0.417 e. The van der Waals surface area contributed by atoms with Gasteiger partial charge in [-0.25, -0.2) is 4.79 Å². The third-order valence-corrected chi connectivity index (χ3v) is 10.0. The first-order valence-electron chi connectivity index (χ1n) is 15.3. The summed E-state index contributed by atoms with van der Waals surface area (Å²) in [6.07, 6.45) is -2.62. The van der Waals surface area contributed by atoms with Crippen LogP contribution in [0.4, 0.5) is 29.3 Å². The molecule has 248 valence electrons. The molecule has 14 heteroatoms. The average Bonchev–Trinajstić information content (AvgIpc) is 3.06. The normalized spacial score (nSPS) is 18.4. The summed E-state index contributed by atoms with van der Waals surface area (Å²) in [6, 6.07) is 13.4. The minimum atomic E-state index is -4.78. The molecule has 3 aromatic rings. The first-order valence-corrected chi connectivity index (χ1v) is 16.0. The lowest BCUT2D eigenvalue weighted by molar-refractivity contribution is -0.141. The fraction of sp³-hybridized carbons (Fsp3) is 0.394. The first kappa shape index (κ1) is 32.9.